The molecule has 9 nitrogen and oxygen atoms in total. The van der Waals surface area contributed by atoms with Crippen molar-refractivity contribution in [2.75, 3.05) is 39.0 Å². The second-order valence-corrected chi connectivity index (χ2v) is 10.6. The van der Waals surface area contributed by atoms with Gasteiger partial charge in [-0.05, 0) is 55.4 Å². The first-order valence-corrected chi connectivity index (χ1v) is 13.6. The summed E-state index contributed by atoms with van der Waals surface area (Å²) < 4.78 is 13.7. The van der Waals surface area contributed by atoms with Crippen LogP contribution in [0.15, 0.2) is 37.2 Å². The molecule has 3 fully saturated rings. The summed E-state index contributed by atoms with van der Waals surface area (Å²) in [4.78, 5) is 25.1. The van der Waals surface area contributed by atoms with Gasteiger partial charge in [0, 0.05) is 50.7 Å². The number of rotatable bonds is 6. The van der Waals surface area contributed by atoms with Crippen LogP contribution in [-0.2, 0) is 11.8 Å². The number of hydrogen-bond acceptors (Lipinski definition) is 7. The lowest BCUT2D eigenvalue weighted by Gasteiger charge is -2.45. The maximum atomic E-state index is 11.9. The lowest BCUT2D eigenvalue weighted by Crippen LogP contribution is -2.55. The summed E-state index contributed by atoms with van der Waals surface area (Å²) in [5, 5.41) is 0.790. The van der Waals surface area contributed by atoms with Crippen molar-refractivity contribution in [1.29, 1.82) is 0 Å². The Hall–Kier alpha value is -4.03. The van der Waals surface area contributed by atoms with Gasteiger partial charge in [0.1, 0.15) is 23.5 Å². The number of likely N-dealkylation sites (tertiary alicyclic amines) is 2. The Morgan fingerprint density at radius 1 is 1.15 bits per heavy atom. The van der Waals surface area contributed by atoms with E-state index in [1.165, 1.54) is 12.4 Å². The Morgan fingerprint density at radius 3 is 2.62 bits per heavy atom. The first kappa shape index (κ1) is 25.3. The molecule has 1 saturated carbocycles. The van der Waals surface area contributed by atoms with Gasteiger partial charge in [0.05, 0.1) is 18.6 Å². The summed E-state index contributed by atoms with van der Waals surface area (Å²) in [7, 11) is 3.62. The topological polar surface area (TPSA) is 98.7 Å². The Bertz CT molecular complexity index is 1480. The highest BCUT2D eigenvalue weighted by Gasteiger charge is 2.34. The average Bonchev–Trinajstić information content (AvgIpc) is 3.71. The van der Waals surface area contributed by atoms with Crippen LogP contribution in [0.3, 0.4) is 0 Å². The molecule has 1 aromatic carbocycles. The monoisotopic (exact) mass is 526 g/mol. The molecule has 0 radical (unpaired) electrons. The van der Waals surface area contributed by atoms with Crippen molar-refractivity contribution in [3.05, 3.63) is 42.9 Å². The van der Waals surface area contributed by atoms with E-state index in [2.05, 4.69) is 33.3 Å². The Kier molecular flexibility index (Phi) is 6.65. The number of aryl methyl sites for hydroxylation is 1. The number of aromatic nitrogens is 3. The largest absolute Gasteiger partial charge is 0.493 e. The predicted octanol–water partition coefficient (Wildman–Crippen LogP) is 3.23. The quantitative estimate of drug-likeness (QED) is 0.389. The van der Waals surface area contributed by atoms with Crippen LogP contribution in [0.5, 0.6) is 11.5 Å². The number of fused-ring (bicyclic) bond motifs is 1. The van der Waals surface area contributed by atoms with Crippen molar-refractivity contribution in [1.82, 2.24) is 24.3 Å². The Morgan fingerprint density at radius 2 is 1.92 bits per heavy atom. The van der Waals surface area contributed by atoms with Crippen molar-refractivity contribution in [2.24, 2.45) is 13.0 Å². The first-order valence-electron chi connectivity index (χ1n) is 13.6. The van der Waals surface area contributed by atoms with E-state index in [4.69, 9.17) is 15.2 Å². The lowest BCUT2D eigenvalue weighted by atomic mass is 9.93. The smallest absolute Gasteiger partial charge is 0.245 e. The second-order valence-electron chi connectivity index (χ2n) is 10.6. The molecule has 202 valence electrons. The van der Waals surface area contributed by atoms with Gasteiger partial charge in [0.15, 0.2) is 11.5 Å². The molecule has 2 saturated heterocycles. The van der Waals surface area contributed by atoms with Crippen LogP contribution in [-0.4, -0.2) is 75.7 Å². The third-order valence-electron chi connectivity index (χ3n) is 8.04. The minimum Gasteiger partial charge on any atom is -0.493 e. The molecule has 2 aromatic heterocycles. The Labute approximate surface area is 228 Å². The number of amides is 1. The molecule has 3 aliphatic rings. The summed E-state index contributed by atoms with van der Waals surface area (Å²) in [6.45, 7) is 7.06. The molecule has 3 aromatic rings. The molecule has 0 bridgehead atoms. The fourth-order valence-electron chi connectivity index (χ4n) is 5.64. The highest BCUT2D eigenvalue weighted by molar-refractivity contribution is 6.03. The molecular weight excluding hydrogens is 492 g/mol. The second kappa shape index (κ2) is 10.3. The molecule has 1 aliphatic carbocycles. The summed E-state index contributed by atoms with van der Waals surface area (Å²) in [5.41, 5.74) is 9.81. The number of anilines is 1. The fraction of sp³-hybridized carbons (Fsp3) is 0.433. The average molecular weight is 527 g/mol. The minimum absolute atomic E-state index is 0.0274. The van der Waals surface area contributed by atoms with E-state index in [0.717, 1.165) is 85.5 Å². The molecule has 39 heavy (non-hydrogen) atoms. The van der Waals surface area contributed by atoms with Gasteiger partial charge in [0.2, 0.25) is 5.91 Å². The number of carbonyl (C=O) groups is 1. The molecule has 0 atom stereocenters. The van der Waals surface area contributed by atoms with Gasteiger partial charge >= 0.3 is 0 Å². The number of carbonyl (C=O) groups excluding carboxylic acids is 1. The third-order valence-corrected chi connectivity index (χ3v) is 8.04. The molecule has 0 unspecified atom stereocenters. The van der Waals surface area contributed by atoms with Crippen molar-refractivity contribution >= 4 is 22.8 Å². The predicted molar refractivity (Wildman–Crippen MR) is 150 cm³/mol. The molecule has 4 heterocycles. The molecule has 6 rings (SSSR count). The van der Waals surface area contributed by atoms with Crippen molar-refractivity contribution in [3.8, 4) is 34.5 Å². The number of hydrogen-bond donors (Lipinski definition) is 1. The highest BCUT2D eigenvalue weighted by Crippen LogP contribution is 2.41. The molecule has 2 aliphatic heterocycles. The molecule has 2 N–H and O–H groups in total. The van der Waals surface area contributed by atoms with Gasteiger partial charge in [-0.2, -0.15) is 0 Å². The number of ether oxygens (including phenoxy) is 2. The van der Waals surface area contributed by atoms with Crippen LogP contribution in [0.25, 0.3) is 22.2 Å². The fourth-order valence-corrected chi connectivity index (χ4v) is 5.64. The zero-order valence-corrected chi connectivity index (χ0v) is 22.5. The van der Waals surface area contributed by atoms with Crippen LogP contribution in [0.4, 0.5) is 5.82 Å². The van der Waals surface area contributed by atoms with Crippen LogP contribution < -0.4 is 15.2 Å². The highest BCUT2D eigenvalue weighted by atomic mass is 16.5. The zero-order chi connectivity index (χ0) is 27.1. The van der Waals surface area contributed by atoms with E-state index in [1.54, 1.807) is 7.11 Å². The maximum Gasteiger partial charge on any atom is 0.245 e. The van der Waals surface area contributed by atoms with Gasteiger partial charge in [-0.1, -0.05) is 18.6 Å². The van der Waals surface area contributed by atoms with E-state index in [1.807, 2.05) is 34.7 Å². The number of nitrogen functional groups attached to an aromatic ring is 1. The van der Waals surface area contributed by atoms with Crippen molar-refractivity contribution < 1.29 is 14.3 Å². The van der Waals surface area contributed by atoms with E-state index in [0.29, 0.717) is 17.6 Å². The summed E-state index contributed by atoms with van der Waals surface area (Å²) in [6.07, 6.45) is 7.31. The number of nitrogens with zero attached hydrogens (tertiary/aromatic N) is 5. The number of piperidine rings is 1. The van der Waals surface area contributed by atoms with E-state index in [9.17, 15) is 4.79 Å². The number of benzene rings is 1. The van der Waals surface area contributed by atoms with Gasteiger partial charge in [-0.15, -0.1) is 0 Å². The lowest BCUT2D eigenvalue weighted by molar-refractivity contribution is -0.127. The van der Waals surface area contributed by atoms with Gasteiger partial charge < -0.3 is 24.7 Å². The van der Waals surface area contributed by atoms with Gasteiger partial charge in [0.25, 0.3) is 0 Å². The molecule has 0 spiro atoms. The zero-order valence-electron chi connectivity index (χ0n) is 22.5. The van der Waals surface area contributed by atoms with Crippen LogP contribution in [0.1, 0.15) is 31.4 Å². The van der Waals surface area contributed by atoms with Crippen molar-refractivity contribution in [2.45, 2.75) is 37.8 Å². The van der Waals surface area contributed by atoms with Gasteiger partial charge in [-0.3, -0.25) is 9.69 Å². The van der Waals surface area contributed by atoms with Gasteiger partial charge in [-0.25, -0.2) is 9.97 Å². The van der Waals surface area contributed by atoms with Crippen LogP contribution in [0.2, 0.25) is 0 Å². The molecule has 1 amide bonds. The SMILES string of the molecule is C=CC(=O)N1CCC(N2CC(C#Cc3c(-c4ccc(OC5CC5)c(OC)c4)c4c(N)ncnc4n3C)C2)CC1. The maximum absolute atomic E-state index is 11.9. The van der Waals surface area contributed by atoms with Crippen molar-refractivity contribution in [3.63, 3.8) is 0 Å². The molecular formula is C30H34N6O3. The standard InChI is InChI=1S/C30H34N6O3/c1-4-26(37)35-13-11-21(12-14-35)36-16-19(17-36)5-9-23-27(28-29(31)32-18-33-30(28)34(23)2)20-6-10-24(25(15-20)38-3)39-22-7-8-22/h4,6,10,15,18-19,21-22H,1,7-8,11-14,16-17H2,2-3H3,(H2,31,32,33). The summed E-state index contributed by atoms with van der Waals surface area (Å²) in [5.74, 6) is 9.15. The van der Waals surface area contributed by atoms with E-state index in [-0.39, 0.29) is 17.9 Å². The van der Waals surface area contributed by atoms with E-state index < -0.39 is 0 Å². The normalized spacial score (nSPS) is 18.4. The molecule has 9 heteroatoms. The van der Waals surface area contributed by atoms with E-state index >= 15 is 0 Å². The van der Waals surface area contributed by atoms with Crippen LogP contribution >= 0.6 is 0 Å². The van der Waals surface area contributed by atoms with Crippen LogP contribution in [0, 0.1) is 17.8 Å². The summed E-state index contributed by atoms with van der Waals surface area (Å²) >= 11 is 0. The Balaban J connectivity index is 1.25. The number of methoxy groups -OCH3 is 1. The first-order chi connectivity index (χ1) is 19.0. The number of nitrogens with two attached hydrogens (primary N) is 1. The third kappa shape index (κ3) is 4.81. The summed E-state index contributed by atoms with van der Waals surface area (Å²) in [6, 6.07) is 6.48. The minimum atomic E-state index is 0.0274.